The monoisotopic (exact) mass is 729 g/mol. The minimum Gasteiger partial charge on any atom is -0.487 e. The number of benzene rings is 4. The lowest BCUT2D eigenvalue weighted by atomic mass is 10.1. The summed E-state index contributed by atoms with van der Waals surface area (Å²) in [4.78, 5) is 21.6. The van der Waals surface area contributed by atoms with Gasteiger partial charge in [-0.3, -0.25) is 9.69 Å². The summed E-state index contributed by atoms with van der Waals surface area (Å²) in [5, 5.41) is 1.11. The van der Waals surface area contributed by atoms with Crippen LogP contribution in [-0.2, 0) is 17.9 Å². The molecule has 1 aromatic heterocycles. The lowest BCUT2D eigenvalue weighted by Crippen LogP contribution is -2.47. The third-order valence-electron chi connectivity index (χ3n) is 8.17. The predicted octanol–water partition coefficient (Wildman–Crippen LogP) is 9.95. The number of aromatic nitrogens is 1. The van der Waals surface area contributed by atoms with Crippen molar-refractivity contribution in [2.45, 2.75) is 27.0 Å². The van der Waals surface area contributed by atoms with E-state index in [1.54, 1.807) is 42.6 Å². The summed E-state index contributed by atoms with van der Waals surface area (Å²) >= 11 is 12.6. The number of pyridine rings is 1. The Morgan fingerprint density at radius 3 is 2.06 bits per heavy atom. The number of nitrogens with zero attached hydrogens (tertiary/aromatic N) is 3. The van der Waals surface area contributed by atoms with E-state index in [0.29, 0.717) is 47.1 Å². The molecule has 5 aromatic rings. The van der Waals surface area contributed by atoms with Gasteiger partial charge in [0.25, 0.3) is 0 Å². The molecule has 0 unspecified atom stereocenters. The summed E-state index contributed by atoms with van der Waals surface area (Å²) in [5.41, 5.74) is 5.14. The van der Waals surface area contributed by atoms with Crippen LogP contribution in [-0.4, -0.2) is 46.9 Å². The Balaban J connectivity index is 0.00000486. The van der Waals surface area contributed by atoms with Gasteiger partial charge in [0.2, 0.25) is 11.8 Å². The van der Waals surface area contributed by atoms with E-state index in [0.717, 1.165) is 47.8 Å². The fourth-order valence-electron chi connectivity index (χ4n) is 5.41. The van der Waals surface area contributed by atoms with Crippen molar-refractivity contribution in [1.29, 1.82) is 0 Å². The Morgan fingerprint density at radius 1 is 0.780 bits per heavy atom. The van der Waals surface area contributed by atoms with Crippen molar-refractivity contribution in [3.8, 4) is 28.9 Å². The van der Waals surface area contributed by atoms with E-state index in [1.165, 1.54) is 11.1 Å². The van der Waals surface area contributed by atoms with E-state index in [-0.39, 0.29) is 18.3 Å². The van der Waals surface area contributed by atoms with Gasteiger partial charge in [0.05, 0.1) is 11.2 Å². The molecule has 1 amide bonds. The van der Waals surface area contributed by atoms with Crippen LogP contribution in [0.4, 0.5) is 0 Å². The van der Waals surface area contributed by atoms with Crippen molar-refractivity contribution in [1.82, 2.24) is 14.8 Å². The van der Waals surface area contributed by atoms with Gasteiger partial charge in [0.1, 0.15) is 23.9 Å². The normalized spacial score (nSPS) is 13.2. The van der Waals surface area contributed by atoms with Gasteiger partial charge in [0, 0.05) is 49.9 Å². The zero-order valence-corrected chi connectivity index (χ0v) is 30.2. The Morgan fingerprint density at radius 2 is 1.42 bits per heavy atom. The van der Waals surface area contributed by atoms with Gasteiger partial charge in [-0.05, 0) is 96.8 Å². The van der Waals surface area contributed by atoms with Gasteiger partial charge in [-0.25, -0.2) is 4.98 Å². The van der Waals surface area contributed by atoms with Gasteiger partial charge in [-0.1, -0.05) is 65.2 Å². The molecule has 0 saturated carbocycles. The van der Waals surface area contributed by atoms with Crippen LogP contribution in [0.25, 0.3) is 6.08 Å². The fourth-order valence-corrected chi connectivity index (χ4v) is 5.85. The van der Waals surface area contributed by atoms with Gasteiger partial charge in [-0.2, -0.15) is 0 Å². The predicted molar refractivity (Wildman–Crippen MR) is 202 cm³/mol. The van der Waals surface area contributed by atoms with Crippen LogP contribution < -0.4 is 14.2 Å². The molecular weight excluding hydrogens is 693 g/mol. The van der Waals surface area contributed by atoms with E-state index in [9.17, 15) is 4.79 Å². The molecule has 7 nitrogen and oxygen atoms in total. The molecule has 0 atom stereocenters. The topological polar surface area (TPSA) is 64.1 Å². The molecule has 10 heteroatoms. The molecule has 0 bridgehead atoms. The zero-order valence-electron chi connectivity index (χ0n) is 27.9. The number of hydrogen-bond acceptors (Lipinski definition) is 6. The molecule has 0 spiro atoms. The summed E-state index contributed by atoms with van der Waals surface area (Å²) < 4.78 is 17.8. The zero-order chi connectivity index (χ0) is 34.2. The Bertz CT molecular complexity index is 1870. The standard InChI is InChI=1S/C40H37Cl2N3O4.ClH/c1-28-3-5-31(6-4-28)27-47-36-16-17-38(43-25-36)49-40-29(2)23-32(24-37(40)42)9-18-39(46)45-21-19-44(20-22-45)26-30-7-12-34(13-8-30)48-35-14-10-33(41)11-15-35;/h3-18,23-25H,19-22,26-27H2,1-2H3;1H/b18-9+;. The summed E-state index contributed by atoms with van der Waals surface area (Å²) in [6.07, 6.45) is 5.04. The first-order valence-corrected chi connectivity index (χ1v) is 16.9. The molecule has 0 N–H and O–H groups in total. The third kappa shape index (κ3) is 10.2. The maximum absolute atomic E-state index is 13.0. The SMILES string of the molecule is Cc1ccc(COc2ccc(Oc3c(C)cc(/C=C/C(=O)N4CCN(Cc5ccc(Oc6ccc(Cl)cc6)cc5)CC4)cc3Cl)nc2)cc1.Cl. The summed E-state index contributed by atoms with van der Waals surface area (Å²) in [6.45, 7) is 8.17. The first-order valence-electron chi connectivity index (χ1n) is 16.1. The first-order chi connectivity index (χ1) is 23.8. The number of aryl methyl sites for hydroxylation is 2. The second-order valence-electron chi connectivity index (χ2n) is 12.0. The van der Waals surface area contributed by atoms with Crippen LogP contribution >= 0.6 is 35.6 Å². The number of carbonyl (C=O) groups excluding carboxylic acids is 1. The van der Waals surface area contributed by atoms with Crippen LogP contribution in [0.1, 0.15) is 27.8 Å². The van der Waals surface area contributed by atoms with Crippen molar-refractivity contribution in [3.63, 3.8) is 0 Å². The summed E-state index contributed by atoms with van der Waals surface area (Å²) in [5.74, 6) is 3.07. The molecule has 1 fully saturated rings. The number of ether oxygens (including phenoxy) is 3. The second-order valence-corrected chi connectivity index (χ2v) is 12.8. The molecule has 0 aliphatic carbocycles. The van der Waals surface area contributed by atoms with Gasteiger partial charge in [0.15, 0.2) is 5.75 Å². The van der Waals surface area contributed by atoms with Crippen molar-refractivity contribution in [2.24, 2.45) is 0 Å². The Hall–Kier alpha value is -4.53. The number of amides is 1. The maximum atomic E-state index is 13.0. The Labute approximate surface area is 309 Å². The highest BCUT2D eigenvalue weighted by Gasteiger charge is 2.20. The number of rotatable bonds is 11. The van der Waals surface area contributed by atoms with Crippen molar-refractivity contribution < 1.29 is 19.0 Å². The number of hydrogen-bond donors (Lipinski definition) is 0. The van der Waals surface area contributed by atoms with Crippen molar-refractivity contribution in [2.75, 3.05) is 26.2 Å². The lowest BCUT2D eigenvalue weighted by Gasteiger charge is -2.34. The molecule has 1 aliphatic heterocycles. The smallest absolute Gasteiger partial charge is 0.246 e. The van der Waals surface area contributed by atoms with Gasteiger partial charge < -0.3 is 19.1 Å². The van der Waals surface area contributed by atoms with Gasteiger partial charge in [-0.15, -0.1) is 12.4 Å². The van der Waals surface area contributed by atoms with Crippen molar-refractivity contribution in [3.05, 3.63) is 147 Å². The van der Waals surface area contributed by atoms with E-state index in [4.69, 9.17) is 37.4 Å². The highest BCUT2D eigenvalue weighted by molar-refractivity contribution is 6.32. The molecular formula is C40H38Cl3N3O4. The van der Waals surface area contributed by atoms with Gasteiger partial charge >= 0.3 is 0 Å². The molecule has 258 valence electrons. The quantitative estimate of drug-likeness (QED) is 0.126. The molecule has 2 heterocycles. The minimum absolute atomic E-state index is 0. The molecule has 6 rings (SSSR count). The molecule has 0 radical (unpaired) electrons. The van der Waals surface area contributed by atoms with E-state index >= 15 is 0 Å². The summed E-state index contributed by atoms with van der Waals surface area (Å²) in [7, 11) is 0. The average Bonchev–Trinajstić information content (AvgIpc) is 3.11. The molecule has 1 saturated heterocycles. The van der Waals surface area contributed by atoms with E-state index in [1.807, 2.05) is 60.4 Å². The fraction of sp³-hybridized carbons (Fsp3) is 0.200. The highest BCUT2D eigenvalue weighted by Crippen LogP contribution is 2.34. The lowest BCUT2D eigenvalue weighted by molar-refractivity contribution is -0.127. The number of piperazine rings is 1. The largest absolute Gasteiger partial charge is 0.487 e. The maximum Gasteiger partial charge on any atom is 0.246 e. The molecule has 50 heavy (non-hydrogen) atoms. The van der Waals surface area contributed by atoms with Crippen molar-refractivity contribution >= 4 is 47.6 Å². The second kappa shape index (κ2) is 17.4. The van der Waals surface area contributed by atoms with Crippen LogP contribution in [0.3, 0.4) is 0 Å². The number of halogens is 3. The van der Waals surface area contributed by atoms with E-state index in [2.05, 4.69) is 41.1 Å². The highest BCUT2D eigenvalue weighted by atomic mass is 35.5. The van der Waals surface area contributed by atoms with Crippen LogP contribution in [0, 0.1) is 13.8 Å². The summed E-state index contributed by atoms with van der Waals surface area (Å²) in [6, 6.07) is 30.9. The van der Waals surface area contributed by atoms with Crippen LogP contribution in [0.2, 0.25) is 10.0 Å². The van der Waals surface area contributed by atoms with Crippen LogP contribution in [0.5, 0.6) is 28.9 Å². The third-order valence-corrected chi connectivity index (χ3v) is 8.71. The number of carbonyl (C=O) groups is 1. The molecule has 4 aromatic carbocycles. The minimum atomic E-state index is -0.0219. The van der Waals surface area contributed by atoms with Crippen LogP contribution in [0.15, 0.2) is 109 Å². The molecule has 1 aliphatic rings. The van der Waals surface area contributed by atoms with E-state index < -0.39 is 0 Å². The Kier molecular flexibility index (Phi) is 12.8. The first kappa shape index (κ1) is 36.7. The average molecular weight is 731 g/mol.